The van der Waals surface area contributed by atoms with Crippen molar-refractivity contribution >= 4 is 23.2 Å². The van der Waals surface area contributed by atoms with Gasteiger partial charge in [0, 0.05) is 17.0 Å². The van der Waals surface area contributed by atoms with Crippen LogP contribution in [0.4, 0.5) is 0 Å². The van der Waals surface area contributed by atoms with Crippen LogP contribution in [0.2, 0.25) is 0 Å². The topological polar surface area (TPSA) is 67.2 Å². The lowest BCUT2D eigenvalue weighted by atomic mass is 9.84. The highest BCUT2D eigenvalue weighted by atomic mass is 32.1. The second-order valence-corrected chi connectivity index (χ2v) is 7.48. The molecule has 1 aliphatic heterocycles. The highest BCUT2D eigenvalue weighted by Gasteiger charge is 2.36. The smallest absolute Gasteiger partial charge is 0.245 e. The van der Waals surface area contributed by atoms with E-state index in [1.54, 1.807) is 23.9 Å². The summed E-state index contributed by atoms with van der Waals surface area (Å²) in [5.74, 6) is 0.271. The molecular formula is C17H20N4O2S. The maximum absolute atomic E-state index is 12.7. The van der Waals surface area contributed by atoms with Crippen LogP contribution in [0.1, 0.15) is 35.9 Å². The molecule has 0 aromatic carbocycles. The van der Waals surface area contributed by atoms with Gasteiger partial charge in [-0.2, -0.15) is 0 Å². The van der Waals surface area contributed by atoms with Crippen molar-refractivity contribution in [3.05, 3.63) is 40.6 Å². The summed E-state index contributed by atoms with van der Waals surface area (Å²) < 4.78 is 1.90. The molecule has 1 N–H and O–H groups in total. The molecule has 126 valence electrons. The van der Waals surface area contributed by atoms with Gasteiger partial charge in [0.25, 0.3) is 0 Å². The molecule has 2 aromatic heterocycles. The molecular weight excluding hydrogens is 324 g/mol. The van der Waals surface area contributed by atoms with E-state index in [1.807, 2.05) is 27.0 Å². The minimum Gasteiger partial charge on any atom is -0.349 e. The van der Waals surface area contributed by atoms with Crippen LogP contribution in [-0.2, 0) is 22.7 Å². The first-order valence-corrected chi connectivity index (χ1v) is 9.20. The first-order chi connectivity index (χ1) is 11.7. The second-order valence-electron chi connectivity index (χ2n) is 6.45. The van der Waals surface area contributed by atoms with Crippen LogP contribution in [0, 0.1) is 5.92 Å². The molecule has 0 saturated heterocycles. The van der Waals surface area contributed by atoms with Gasteiger partial charge < -0.3 is 14.8 Å². The fourth-order valence-corrected chi connectivity index (χ4v) is 3.93. The molecule has 3 heterocycles. The number of aromatic nitrogens is 2. The number of thiophene rings is 1. The molecule has 2 aromatic rings. The van der Waals surface area contributed by atoms with E-state index in [9.17, 15) is 9.59 Å². The number of carbonyl (C=O) groups excluding carboxylic acids is 2. The molecule has 0 radical (unpaired) electrons. The Kier molecular flexibility index (Phi) is 4.10. The SMILES string of the molecule is O=C(NCc1cccs1)C1CN(C(=O)C2CCC2)Cc2cncn21. The second kappa shape index (κ2) is 6.39. The lowest BCUT2D eigenvalue weighted by Crippen LogP contribution is -2.48. The van der Waals surface area contributed by atoms with Crippen molar-refractivity contribution in [2.24, 2.45) is 5.92 Å². The van der Waals surface area contributed by atoms with Gasteiger partial charge in [-0.15, -0.1) is 11.3 Å². The summed E-state index contributed by atoms with van der Waals surface area (Å²) in [4.78, 5) is 32.4. The quantitative estimate of drug-likeness (QED) is 0.922. The maximum atomic E-state index is 12.7. The average molecular weight is 344 g/mol. The van der Waals surface area contributed by atoms with E-state index in [0.717, 1.165) is 29.8 Å². The molecule has 7 heteroatoms. The lowest BCUT2D eigenvalue weighted by Gasteiger charge is -2.37. The van der Waals surface area contributed by atoms with E-state index in [-0.39, 0.29) is 17.7 Å². The van der Waals surface area contributed by atoms with Crippen molar-refractivity contribution in [1.82, 2.24) is 19.8 Å². The van der Waals surface area contributed by atoms with Gasteiger partial charge in [-0.1, -0.05) is 12.5 Å². The third kappa shape index (κ3) is 2.84. The first-order valence-electron chi connectivity index (χ1n) is 8.32. The average Bonchev–Trinajstić information content (AvgIpc) is 3.20. The van der Waals surface area contributed by atoms with E-state index in [4.69, 9.17) is 0 Å². The molecule has 4 rings (SSSR count). The monoisotopic (exact) mass is 344 g/mol. The van der Waals surface area contributed by atoms with Gasteiger partial charge in [0.15, 0.2) is 0 Å². The van der Waals surface area contributed by atoms with Gasteiger partial charge in [-0.3, -0.25) is 9.59 Å². The van der Waals surface area contributed by atoms with Gasteiger partial charge in [-0.25, -0.2) is 4.98 Å². The van der Waals surface area contributed by atoms with E-state index in [2.05, 4.69) is 10.3 Å². The van der Waals surface area contributed by atoms with E-state index in [0.29, 0.717) is 19.6 Å². The molecule has 1 atom stereocenters. The highest BCUT2D eigenvalue weighted by molar-refractivity contribution is 7.09. The molecule has 1 aliphatic carbocycles. The number of amides is 2. The number of nitrogens with one attached hydrogen (secondary N) is 1. The highest BCUT2D eigenvalue weighted by Crippen LogP contribution is 2.31. The van der Waals surface area contributed by atoms with Crippen LogP contribution < -0.4 is 5.32 Å². The number of fused-ring (bicyclic) bond motifs is 1. The molecule has 1 saturated carbocycles. The Morgan fingerprint density at radius 2 is 2.25 bits per heavy atom. The molecule has 2 aliphatic rings. The number of hydrogen-bond acceptors (Lipinski definition) is 4. The van der Waals surface area contributed by atoms with E-state index in [1.165, 1.54) is 0 Å². The molecule has 1 unspecified atom stereocenters. The van der Waals surface area contributed by atoms with Crippen molar-refractivity contribution in [2.75, 3.05) is 6.54 Å². The number of imidazole rings is 1. The predicted octanol–water partition coefficient (Wildman–Crippen LogP) is 1.94. The molecule has 2 amide bonds. The van der Waals surface area contributed by atoms with Gasteiger partial charge in [-0.05, 0) is 24.3 Å². The molecule has 1 fully saturated rings. The van der Waals surface area contributed by atoms with Crippen LogP contribution >= 0.6 is 11.3 Å². The van der Waals surface area contributed by atoms with Gasteiger partial charge in [0.05, 0.1) is 31.7 Å². The zero-order valence-corrected chi connectivity index (χ0v) is 14.2. The molecule has 24 heavy (non-hydrogen) atoms. The molecule has 6 nitrogen and oxygen atoms in total. The lowest BCUT2D eigenvalue weighted by molar-refractivity contribution is -0.141. The van der Waals surface area contributed by atoms with Crippen molar-refractivity contribution in [1.29, 1.82) is 0 Å². The molecule has 0 bridgehead atoms. The fourth-order valence-electron chi connectivity index (χ4n) is 3.29. The van der Waals surface area contributed by atoms with Crippen LogP contribution in [0.3, 0.4) is 0 Å². The largest absolute Gasteiger partial charge is 0.349 e. The first kappa shape index (κ1) is 15.4. The number of hydrogen-bond donors (Lipinski definition) is 1. The predicted molar refractivity (Wildman–Crippen MR) is 90.2 cm³/mol. The third-order valence-corrected chi connectivity index (χ3v) is 5.79. The van der Waals surface area contributed by atoms with Crippen molar-refractivity contribution < 1.29 is 9.59 Å². The summed E-state index contributed by atoms with van der Waals surface area (Å²) in [6.07, 6.45) is 6.52. The number of nitrogens with zero attached hydrogens (tertiary/aromatic N) is 3. The Bertz CT molecular complexity index is 736. The van der Waals surface area contributed by atoms with E-state index < -0.39 is 6.04 Å². The Balaban J connectivity index is 1.48. The minimum absolute atomic E-state index is 0.0613. The van der Waals surface area contributed by atoms with Crippen LogP contribution in [0.15, 0.2) is 30.0 Å². The van der Waals surface area contributed by atoms with E-state index >= 15 is 0 Å². The minimum atomic E-state index is -0.403. The zero-order chi connectivity index (χ0) is 16.5. The van der Waals surface area contributed by atoms with Crippen molar-refractivity contribution in [3.63, 3.8) is 0 Å². The molecule has 0 spiro atoms. The van der Waals surface area contributed by atoms with Crippen LogP contribution in [0.25, 0.3) is 0 Å². The van der Waals surface area contributed by atoms with Crippen molar-refractivity contribution in [3.8, 4) is 0 Å². The van der Waals surface area contributed by atoms with Gasteiger partial charge in [0.2, 0.25) is 11.8 Å². The normalized spacial score (nSPS) is 20.3. The standard InChI is InChI=1S/C17H20N4O2S/c22-16(19-8-14-5-2-6-24-14)15-10-20(17(23)12-3-1-4-12)9-13-7-18-11-21(13)15/h2,5-7,11-12,15H,1,3-4,8-10H2,(H,19,22). The summed E-state index contributed by atoms with van der Waals surface area (Å²) in [5.41, 5.74) is 0.921. The summed E-state index contributed by atoms with van der Waals surface area (Å²) in [6.45, 7) is 1.49. The maximum Gasteiger partial charge on any atom is 0.245 e. The summed E-state index contributed by atoms with van der Waals surface area (Å²) in [7, 11) is 0. The zero-order valence-electron chi connectivity index (χ0n) is 13.4. The summed E-state index contributed by atoms with van der Waals surface area (Å²) in [5, 5.41) is 4.98. The Labute approximate surface area is 144 Å². The number of carbonyl (C=O) groups is 2. The Morgan fingerprint density at radius 3 is 2.96 bits per heavy atom. The fraction of sp³-hybridized carbons (Fsp3) is 0.471. The van der Waals surface area contributed by atoms with Crippen LogP contribution in [-0.4, -0.2) is 32.8 Å². The Hall–Kier alpha value is -2.15. The van der Waals surface area contributed by atoms with Crippen LogP contribution in [0.5, 0.6) is 0 Å². The summed E-state index contributed by atoms with van der Waals surface area (Å²) >= 11 is 1.62. The summed E-state index contributed by atoms with van der Waals surface area (Å²) in [6, 6.07) is 3.57. The third-order valence-electron chi connectivity index (χ3n) is 4.91. The van der Waals surface area contributed by atoms with Gasteiger partial charge in [0.1, 0.15) is 6.04 Å². The number of rotatable bonds is 4. The van der Waals surface area contributed by atoms with Crippen molar-refractivity contribution in [2.45, 2.75) is 38.4 Å². The van der Waals surface area contributed by atoms with Gasteiger partial charge >= 0.3 is 0 Å². The Morgan fingerprint density at radius 1 is 1.38 bits per heavy atom.